The molecule has 1 radical (unpaired) electrons. The molecular weight excluding hydrogens is 206 g/mol. The second kappa shape index (κ2) is 3.75. The van der Waals surface area contributed by atoms with Crippen molar-refractivity contribution in [2.45, 2.75) is 13.8 Å². The molecule has 0 N–H and O–H groups in total. The first-order valence-electron chi connectivity index (χ1n) is 3.81. The summed E-state index contributed by atoms with van der Waals surface area (Å²) in [7, 11) is 0. The van der Waals surface area contributed by atoms with Gasteiger partial charge in [-0.2, -0.15) is 0 Å². The number of benzene rings is 1. The van der Waals surface area contributed by atoms with E-state index in [9.17, 15) is 14.9 Å². The van der Waals surface area contributed by atoms with Crippen molar-refractivity contribution in [1.29, 1.82) is 0 Å². The first-order chi connectivity index (χ1) is 6.43. The lowest BCUT2D eigenvalue weighted by Gasteiger charge is -2.01. The number of carbonyl (C=O) groups is 1. The van der Waals surface area contributed by atoms with Crippen LogP contribution in [0.1, 0.15) is 22.8 Å². The van der Waals surface area contributed by atoms with Crippen molar-refractivity contribution in [2.24, 2.45) is 0 Å². The van der Waals surface area contributed by atoms with Gasteiger partial charge in [-0.15, -0.1) is 0 Å². The summed E-state index contributed by atoms with van der Waals surface area (Å²) in [6.07, 6.45) is 0. The van der Waals surface area contributed by atoms with Crippen molar-refractivity contribution < 1.29 is 9.72 Å². The Morgan fingerprint density at radius 1 is 1.64 bits per heavy atom. The standard InChI is InChI=1S/C9H7ClNO3/c1-5-8(10)3-7(6(2)12)4-9(5)11(13)14/h3H,1-2H3. The molecule has 1 rings (SSSR count). The number of hydrogen-bond acceptors (Lipinski definition) is 3. The van der Waals surface area contributed by atoms with Crippen molar-refractivity contribution in [2.75, 3.05) is 0 Å². The minimum atomic E-state index is -0.604. The van der Waals surface area contributed by atoms with E-state index in [2.05, 4.69) is 6.07 Å². The van der Waals surface area contributed by atoms with Gasteiger partial charge in [-0.3, -0.25) is 14.9 Å². The van der Waals surface area contributed by atoms with E-state index in [0.717, 1.165) is 0 Å². The van der Waals surface area contributed by atoms with Gasteiger partial charge in [-0.05, 0) is 19.9 Å². The Labute approximate surface area is 85.6 Å². The molecule has 0 saturated carbocycles. The van der Waals surface area contributed by atoms with E-state index >= 15 is 0 Å². The van der Waals surface area contributed by atoms with E-state index in [4.69, 9.17) is 11.6 Å². The minimum Gasteiger partial charge on any atom is -0.294 e. The molecule has 1 aromatic carbocycles. The van der Waals surface area contributed by atoms with Crippen LogP contribution < -0.4 is 0 Å². The van der Waals surface area contributed by atoms with Crippen LogP contribution in [0.25, 0.3) is 0 Å². The van der Waals surface area contributed by atoms with E-state index in [1.54, 1.807) is 0 Å². The number of nitro benzene ring substituents is 1. The smallest absolute Gasteiger partial charge is 0.282 e. The third kappa shape index (κ3) is 1.90. The molecule has 0 aliphatic carbocycles. The van der Waals surface area contributed by atoms with Gasteiger partial charge in [0.1, 0.15) is 0 Å². The highest BCUT2D eigenvalue weighted by atomic mass is 35.5. The van der Waals surface area contributed by atoms with Crippen molar-refractivity contribution in [3.63, 3.8) is 0 Å². The summed E-state index contributed by atoms with van der Waals surface area (Å²) in [6.45, 7) is 2.82. The van der Waals surface area contributed by atoms with Gasteiger partial charge in [0, 0.05) is 11.1 Å². The molecule has 0 aromatic heterocycles. The number of carbonyl (C=O) groups excluding carboxylic acids is 1. The highest BCUT2D eigenvalue weighted by Crippen LogP contribution is 2.26. The predicted octanol–water partition coefficient (Wildman–Crippen LogP) is 2.56. The van der Waals surface area contributed by atoms with Crippen molar-refractivity contribution in [1.82, 2.24) is 0 Å². The van der Waals surface area contributed by atoms with E-state index in [0.29, 0.717) is 5.56 Å². The number of nitro groups is 1. The molecule has 0 spiro atoms. The van der Waals surface area contributed by atoms with Gasteiger partial charge in [-0.25, -0.2) is 0 Å². The molecule has 1 aromatic rings. The predicted molar refractivity (Wildman–Crippen MR) is 51.7 cm³/mol. The van der Waals surface area contributed by atoms with Crippen LogP contribution in [0.4, 0.5) is 5.69 Å². The van der Waals surface area contributed by atoms with Gasteiger partial charge in [0.05, 0.1) is 16.0 Å². The van der Waals surface area contributed by atoms with Crippen LogP contribution in [0.3, 0.4) is 0 Å². The molecule has 0 saturated heterocycles. The zero-order chi connectivity index (χ0) is 10.9. The van der Waals surface area contributed by atoms with Crippen molar-refractivity contribution >= 4 is 23.1 Å². The van der Waals surface area contributed by atoms with Gasteiger partial charge in [-0.1, -0.05) is 11.6 Å². The molecule has 0 heterocycles. The largest absolute Gasteiger partial charge is 0.294 e. The van der Waals surface area contributed by atoms with Crippen LogP contribution >= 0.6 is 11.6 Å². The van der Waals surface area contributed by atoms with Gasteiger partial charge in [0.15, 0.2) is 5.78 Å². The summed E-state index contributed by atoms with van der Waals surface area (Å²) < 4.78 is 0. The first-order valence-corrected chi connectivity index (χ1v) is 4.19. The number of halogens is 1. The lowest BCUT2D eigenvalue weighted by molar-refractivity contribution is -0.385. The molecule has 14 heavy (non-hydrogen) atoms. The van der Waals surface area contributed by atoms with E-state index in [1.165, 1.54) is 19.9 Å². The van der Waals surface area contributed by atoms with Crippen molar-refractivity contribution in [3.05, 3.63) is 38.4 Å². The SMILES string of the molecule is CC(=O)c1[c]c([N+](=O)[O-])c(C)c(Cl)c1. The Kier molecular flexibility index (Phi) is 2.86. The summed E-state index contributed by atoms with van der Waals surface area (Å²) in [4.78, 5) is 20.9. The molecule has 0 atom stereocenters. The second-order valence-corrected chi connectivity index (χ2v) is 3.23. The fourth-order valence-corrected chi connectivity index (χ4v) is 1.18. The number of hydrogen-bond donors (Lipinski definition) is 0. The maximum Gasteiger partial charge on any atom is 0.282 e. The van der Waals surface area contributed by atoms with Crippen LogP contribution in [-0.4, -0.2) is 10.7 Å². The van der Waals surface area contributed by atoms with Crippen LogP contribution in [0.5, 0.6) is 0 Å². The zero-order valence-corrected chi connectivity index (χ0v) is 8.38. The summed E-state index contributed by atoms with van der Waals surface area (Å²) in [6, 6.07) is 3.80. The summed E-state index contributed by atoms with van der Waals surface area (Å²) >= 11 is 5.73. The topological polar surface area (TPSA) is 60.2 Å². The molecule has 4 nitrogen and oxygen atoms in total. The molecular formula is C9H7ClNO3. The first kappa shape index (κ1) is 10.7. The average Bonchev–Trinajstić information content (AvgIpc) is 2.08. The third-order valence-corrected chi connectivity index (χ3v) is 2.19. The molecule has 0 aliphatic rings. The monoisotopic (exact) mass is 212 g/mol. The zero-order valence-electron chi connectivity index (χ0n) is 7.63. The van der Waals surface area contributed by atoms with E-state index in [1.807, 2.05) is 0 Å². The van der Waals surface area contributed by atoms with E-state index in [-0.39, 0.29) is 22.1 Å². The van der Waals surface area contributed by atoms with Crippen LogP contribution in [0, 0.1) is 23.1 Å². The van der Waals surface area contributed by atoms with Gasteiger partial charge < -0.3 is 0 Å². The molecule has 5 heteroatoms. The van der Waals surface area contributed by atoms with Crippen LogP contribution in [0.2, 0.25) is 5.02 Å². The molecule has 73 valence electrons. The lowest BCUT2D eigenvalue weighted by atomic mass is 10.1. The maximum atomic E-state index is 11.0. The molecule has 0 aliphatic heterocycles. The summed E-state index contributed by atoms with van der Waals surface area (Å²) in [5.41, 5.74) is 0.205. The van der Waals surface area contributed by atoms with Gasteiger partial charge in [0.25, 0.3) is 5.69 Å². The quantitative estimate of drug-likeness (QED) is 0.430. The molecule has 0 fully saturated rings. The molecule has 0 amide bonds. The third-order valence-electron chi connectivity index (χ3n) is 1.80. The Bertz CT molecular complexity index is 415. The van der Waals surface area contributed by atoms with Gasteiger partial charge in [0.2, 0.25) is 0 Å². The molecule has 0 bridgehead atoms. The maximum absolute atomic E-state index is 11.0. The fourth-order valence-electron chi connectivity index (χ4n) is 0.978. The summed E-state index contributed by atoms with van der Waals surface area (Å²) in [5, 5.41) is 10.8. The average molecular weight is 213 g/mol. The minimum absolute atomic E-state index is 0.132. The lowest BCUT2D eigenvalue weighted by Crippen LogP contribution is -1.98. The normalized spacial score (nSPS) is 9.93. The van der Waals surface area contributed by atoms with Crippen LogP contribution in [-0.2, 0) is 0 Å². The highest BCUT2D eigenvalue weighted by Gasteiger charge is 2.17. The fraction of sp³-hybridized carbons (Fsp3) is 0.222. The Balaban J connectivity index is 3.43. The second-order valence-electron chi connectivity index (χ2n) is 2.82. The van der Waals surface area contributed by atoms with Crippen LogP contribution in [0.15, 0.2) is 6.07 Å². The highest BCUT2D eigenvalue weighted by molar-refractivity contribution is 6.32. The Hall–Kier alpha value is -1.42. The number of nitrogens with zero attached hydrogens (tertiary/aromatic N) is 1. The number of rotatable bonds is 2. The molecule has 0 unspecified atom stereocenters. The Morgan fingerprint density at radius 2 is 2.21 bits per heavy atom. The van der Waals surface area contributed by atoms with E-state index < -0.39 is 4.92 Å². The number of Topliss-reactive ketones (excluding diaryl/α,β-unsaturated/α-hetero) is 1. The van der Waals surface area contributed by atoms with Crippen molar-refractivity contribution in [3.8, 4) is 0 Å². The Morgan fingerprint density at radius 3 is 2.64 bits per heavy atom. The van der Waals surface area contributed by atoms with Gasteiger partial charge >= 0.3 is 0 Å². The summed E-state index contributed by atoms with van der Waals surface area (Å²) in [5.74, 6) is -0.296. The number of ketones is 1.